The smallest absolute Gasteiger partial charge is 0.267 e. The van der Waals surface area contributed by atoms with E-state index in [-0.39, 0.29) is 28.6 Å². The molecule has 1 aliphatic rings. The van der Waals surface area contributed by atoms with Crippen LogP contribution in [0.25, 0.3) is 0 Å². The fourth-order valence-electron chi connectivity index (χ4n) is 2.71. The molecule has 0 saturated carbocycles. The molecule has 0 aromatic heterocycles. The second kappa shape index (κ2) is 9.33. The lowest BCUT2D eigenvalue weighted by atomic mass is 10.2. The third-order valence-corrected chi connectivity index (χ3v) is 5.68. The largest absolute Gasteiger partial charge is 0.304 e. The van der Waals surface area contributed by atoms with Crippen LogP contribution in [0.4, 0.5) is 10.1 Å². The third kappa shape index (κ3) is 5.41. The fraction of sp³-hybridized carbons (Fsp3) is 0.278. The number of piperazine rings is 1. The molecule has 2 aromatic carbocycles. The van der Waals surface area contributed by atoms with Gasteiger partial charge in [0.2, 0.25) is 0 Å². The molecule has 7 nitrogen and oxygen atoms in total. The number of nitrogens with zero attached hydrogens (tertiary/aromatic N) is 2. The summed E-state index contributed by atoms with van der Waals surface area (Å²) in [5.74, 6) is -0.919. The van der Waals surface area contributed by atoms with Crippen molar-refractivity contribution in [3.05, 3.63) is 59.9 Å². The molecule has 2 aromatic rings. The van der Waals surface area contributed by atoms with Crippen LogP contribution in [0.5, 0.6) is 0 Å². The second-order valence-corrected chi connectivity index (χ2v) is 8.02. The van der Waals surface area contributed by atoms with Gasteiger partial charge in [-0.2, -0.15) is 0 Å². The van der Waals surface area contributed by atoms with E-state index in [0.717, 1.165) is 25.2 Å². The summed E-state index contributed by atoms with van der Waals surface area (Å²) in [5.41, 5.74) is 3.18. The lowest BCUT2D eigenvalue weighted by Crippen LogP contribution is -2.52. The van der Waals surface area contributed by atoms with Crippen molar-refractivity contribution < 1.29 is 17.6 Å². The molecule has 1 saturated heterocycles. The first-order valence-electron chi connectivity index (χ1n) is 8.47. The number of anilines is 1. The molecule has 0 radical (unpaired) electrons. The summed E-state index contributed by atoms with van der Waals surface area (Å²) in [5, 5.41) is 1.81. The number of nitrogens with one attached hydrogen (secondary N) is 2. The van der Waals surface area contributed by atoms with Gasteiger partial charge in [-0.05, 0) is 43.4 Å². The number of carbonyl (C=O) groups excluding carboxylic acids is 1. The maximum absolute atomic E-state index is 13.0. The molecule has 0 bridgehead atoms. The molecule has 152 valence electrons. The molecule has 0 spiro atoms. The van der Waals surface area contributed by atoms with Crippen LogP contribution in [-0.4, -0.2) is 57.5 Å². The summed E-state index contributed by atoms with van der Waals surface area (Å²) in [6.45, 7) is 3.04. The van der Waals surface area contributed by atoms with Gasteiger partial charge in [0.1, 0.15) is 5.82 Å². The minimum atomic E-state index is -3.94. The lowest BCUT2D eigenvalue weighted by molar-refractivity contribution is 0.0663. The minimum absolute atomic E-state index is 0. The summed E-state index contributed by atoms with van der Waals surface area (Å²) in [7, 11) is -1.93. The van der Waals surface area contributed by atoms with Crippen LogP contribution in [-0.2, 0) is 10.0 Å². The fourth-order valence-corrected chi connectivity index (χ4v) is 3.79. The van der Waals surface area contributed by atoms with Gasteiger partial charge >= 0.3 is 0 Å². The molecular formula is C18H22ClFN4O3S. The zero-order valence-electron chi connectivity index (χ0n) is 15.3. The topological polar surface area (TPSA) is 81.8 Å². The summed E-state index contributed by atoms with van der Waals surface area (Å²) in [6, 6.07) is 10.8. The predicted octanol–water partition coefficient (Wildman–Crippen LogP) is 1.94. The van der Waals surface area contributed by atoms with Gasteiger partial charge in [-0.25, -0.2) is 17.8 Å². The first-order chi connectivity index (χ1) is 12.8. The normalized spacial score (nSPS) is 15.5. The Morgan fingerprint density at radius 2 is 1.61 bits per heavy atom. The van der Waals surface area contributed by atoms with E-state index in [0.29, 0.717) is 13.1 Å². The number of hydrogen-bond acceptors (Lipinski definition) is 5. The van der Waals surface area contributed by atoms with Crippen LogP contribution in [0.15, 0.2) is 53.4 Å². The van der Waals surface area contributed by atoms with E-state index < -0.39 is 21.7 Å². The van der Waals surface area contributed by atoms with Crippen molar-refractivity contribution in [3.63, 3.8) is 0 Å². The Balaban J connectivity index is 0.00000280. The Kier molecular flexibility index (Phi) is 7.36. The second-order valence-electron chi connectivity index (χ2n) is 6.34. The number of halogens is 2. The number of hydrogen-bond donors (Lipinski definition) is 2. The number of benzene rings is 2. The molecule has 3 rings (SSSR count). The van der Waals surface area contributed by atoms with Crippen LogP contribution in [0.3, 0.4) is 0 Å². The lowest BCUT2D eigenvalue weighted by Gasteiger charge is -2.32. The van der Waals surface area contributed by atoms with Crippen molar-refractivity contribution in [2.24, 2.45) is 0 Å². The first-order valence-corrected chi connectivity index (χ1v) is 9.95. The predicted molar refractivity (Wildman–Crippen MR) is 107 cm³/mol. The van der Waals surface area contributed by atoms with Crippen molar-refractivity contribution in [2.45, 2.75) is 4.90 Å². The Bertz CT molecular complexity index is 917. The zero-order valence-corrected chi connectivity index (χ0v) is 16.9. The van der Waals surface area contributed by atoms with E-state index in [1.165, 1.54) is 18.2 Å². The molecule has 1 aliphatic heterocycles. The van der Waals surface area contributed by atoms with Crippen molar-refractivity contribution in [2.75, 3.05) is 37.9 Å². The Morgan fingerprint density at radius 3 is 2.25 bits per heavy atom. The molecule has 1 heterocycles. The van der Waals surface area contributed by atoms with Crippen LogP contribution in [0.1, 0.15) is 10.4 Å². The maximum atomic E-state index is 13.0. The van der Waals surface area contributed by atoms with Crippen molar-refractivity contribution in [3.8, 4) is 0 Å². The highest BCUT2D eigenvalue weighted by Gasteiger charge is 2.21. The van der Waals surface area contributed by atoms with E-state index >= 15 is 0 Å². The van der Waals surface area contributed by atoms with Crippen LogP contribution in [0, 0.1) is 5.82 Å². The van der Waals surface area contributed by atoms with Crippen molar-refractivity contribution >= 4 is 34.0 Å². The number of hydrazine groups is 1. The van der Waals surface area contributed by atoms with Gasteiger partial charge in [0, 0.05) is 26.2 Å². The van der Waals surface area contributed by atoms with Gasteiger partial charge in [-0.1, -0.05) is 12.1 Å². The van der Waals surface area contributed by atoms with Gasteiger partial charge in [0.25, 0.3) is 15.9 Å². The van der Waals surface area contributed by atoms with Gasteiger partial charge in [0.05, 0.1) is 16.1 Å². The molecule has 0 unspecified atom stereocenters. The Labute approximate surface area is 170 Å². The minimum Gasteiger partial charge on any atom is -0.304 e. The highest BCUT2D eigenvalue weighted by atomic mass is 35.5. The summed E-state index contributed by atoms with van der Waals surface area (Å²) in [4.78, 5) is 14.7. The number of amides is 1. The van der Waals surface area contributed by atoms with E-state index in [4.69, 9.17) is 0 Å². The number of carbonyl (C=O) groups is 1. The summed E-state index contributed by atoms with van der Waals surface area (Å²) in [6.07, 6.45) is 0. The first kappa shape index (κ1) is 22.1. The quantitative estimate of drug-likeness (QED) is 0.760. The maximum Gasteiger partial charge on any atom is 0.267 e. The zero-order chi connectivity index (χ0) is 19.4. The van der Waals surface area contributed by atoms with E-state index in [1.807, 2.05) is 12.1 Å². The summed E-state index contributed by atoms with van der Waals surface area (Å²) >= 11 is 0. The SMILES string of the molecule is CN1CCN(NC(=O)c2ccccc2NS(=O)(=O)c2ccc(F)cc2)CC1.Cl. The Morgan fingerprint density at radius 1 is 1.00 bits per heavy atom. The van der Waals surface area contributed by atoms with E-state index in [1.54, 1.807) is 18.2 Å². The average Bonchev–Trinajstić information content (AvgIpc) is 2.64. The average molecular weight is 429 g/mol. The number of rotatable bonds is 5. The van der Waals surface area contributed by atoms with Gasteiger partial charge in [-0.15, -0.1) is 12.4 Å². The molecule has 1 fully saturated rings. The molecule has 1 amide bonds. The number of sulfonamides is 1. The summed E-state index contributed by atoms with van der Waals surface area (Å²) < 4.78 is 40.5. The number of likely N-dealkylation sites (N-methyl/N-ethyl adjacent to an activating group) is 1. The molecule has 2 N–H and O–H groups in total. The highest BCUT2D eigenvalue weighted by molar-refractivity contribution is 7.92. The van der Waals surface area contributed by atoms with Crippen molar-refractivity contribution in [1.29, 1.82) is 0 Å². The molecule has 10 heteroatoms. The van der Waals surface area contributed by atoms with Crippen LogP contribution < -0.4 is 10.1 Å². The van der Waals surface area contributed by atoms with E-state index in [2.05, 4.69) is 15.0 Å². The van der Waals surface area contributed by atoms with E-state index in [9.17, 15) is 17.6 Å². The van der Waals surface area contributed by atoms with Crippen LogP contribution in [0.2, 0.25) is 0 Å². The van der Waals surface area contributed by atoms with Crippen molar-refractivity contribution in [1.82, 2.24) is 15.3 Å². The van der Waals surface area contributed by atoms with Crippen LogP contribution >= 0.6 is 12.4 Å². The molecule has 0 atom stereocenters. The molecule has 0 aliphatic carbocycles. The molecular weight excluding hydrogens is 407 g/mol. The standard InChI is InChI=1S/C18H21FN4O3S.ClH/c1-22-10-12-23(13-11-22)20-18(24)16-4-2-3-5-17(16)21-27(25,26)15-8-6-14(19)7-9-15;/h2-9,21H,10-13H2,1H3,(H,20,24);1H. The highest BCUT2D eigenvalue weighted by Crippen LogP contribution is 2.20. The van der Waals surface area contributed by atoms with Gasteiger partial charge in [-0.3, -0.25) is 14.9 Å². The monoisotopic (exact) mass is 428 g/mol. The molecule has 28 heavy (non-hydrogen) atoms. The van der Waals surface area contributed by atoms with Gasteiger partial charge < -0.3 is 4.90 Å². The Hall–Kier alpha value is -2.20. The third-order valence-electron chi connectivity index (χ3n) is 4.30. The number of para-hydroxylation sites is 1. The van der Waals surface area contributed by atoms with Gasteiger partial charge in [0.15, 0.2) is 0 Å².